The zero-order valence-electron chi connectivity index (χ0n) is 12.8. The molecule has 0 aliphatic heterocycles. The molecule has 2 aromatic rings. The molecule has 126 valence electrons. The summed E-state index contributed by atoms with van der Waals surface area (Å²) >= 11 is 6.20. The maximum absolute atomic E-state index is 12.1. The molecule has 0 saturated heterocycles. The van der Waals surface area contributed by atoms with Crippen molar-refractivity contribution < 1.29 is 14.6 Å². The number of carbonyl (C=O) groups is 1. The first-order valence-corrected chi connectivity index (χ1v) is 8.56. The third-order valence-corrected chi connectivity index (χ3v) is 5.22. The molecule has 3 rings (SSSR count). The lowest BCUT2D eigenvalue weighted by Crippen LogP contribution is -2.13. The quantitative estimate of drug-likeness (QED) is 0.440. The number of aliphatic imine (C=N–C) groups is 1. The van der Waals surface area contributed by atoms with Gasteiger partial charge >= 0.3 is 5.97 Å². The van der Waals surface area contributed by atoms with Gasteiger partial charge in [-0.25, -0.2) is 9.79 Å². The van der Waals surface area contributed by atoms with Gasteiger partial charge in [0.2, 0.25) is 5.88 Å². The SMILES string of the molecule is COC(=O)c1c(/N=C/c2c(O)[nH]c(=S)[nH]c2=O)sc2c1CCCC2. The summed E-state index contributed by atoms with van der Waals surface area (Å²) < 4.78 is 4.90. The van der Waals surface area contributed by atoms with Gasteiger partial charge in [0.25, 0.3) is 5.56 Å². The van der Waals surface area contributed by atoms with Gasteiger partial charge in [-0.3, -0.25) is 9.78 Å². The van der Waals surface area contributed by atoms with E-state index in [0.29, 0.717) is 10.6 Å². The molecular weight excluding hydrogens is 350 g/mol. The van der Waals surface area contributed by atoms with E-state index in [1.165, 1.54) is 24.7 Å². The van der Waals surface area contributed by atoms with Crippen molar-refractivity contribution in [1.82, 2.24) is 9.97 Å². The smallest absolute Gasteiger partial charge is 0.341 e. The topological polar surface area (TPSA) is 108 Å². The van der Waals surface area contributed by atoms with E-state index in [9.17, 15) is 14.7 Å². The molecule has 0 spiro atoms. The summed E-state index contributed by atoms with van der Waals surface area (Å²) in [6.45, 7) is 0. The largest absolute Gasteiger partial charge is 0.494 e. The minimum Gasteiger partial charge on any atom is -0.494 e. The lowest BCUT2D eigenvalue weighted by molar-refractivity contribution is 0.0601. The lowest BCUT2D eigenvalue weighted by Gasteiger charge is -2.11. The van der Waals surface area contributed by atoms with Crippen LogP contribution in [0.15, 0.2) is 9.79 Å². The number of esters is 1. The number of rotatable bonds is 3. The van der Waals surface area contributed by atoms with Crippen molar-refractivity contribution in [2.75, 3.05) is 7.11 Å². The van der Waals surface area contributed by atoms with E-state index in [2.05, 4.69) is 15.0 Å². The van der Waals surface area contributed by atoms with Crippen LogP contribution >= 0.6 is 23.6 Å². The number of fused-ring (bicyclic) bond motifs is 1. The maximum Gasteiger partial charge on any atom is 0.341 e. The number of carbonyl (C=O) groups excluding carboxylic acids is 1. The van der Waals surface area contributed by atoms with E-state index in [1.807, 2.05) is 0 Å². The molecule has 1 aliphatic carbocycles. The van der Waals surface area contributed by atoms with Crippen LogP contribution in [0, 0.1) is 4.77 Å². The Labute approximate surface area is 146 Å². The van der Waals surface area contributed by atoms with Gasteiger partial charge in [-0.1, -0.05) is 0 Å². The molecule has 9 heteroatoms. The summed E-state index contributed by atoms with van der Waals surface area (Å²) in [5, 5.41) is 10.3. The summed E-state index contributed by atoms with van der Waals surface area (Å²) in [6.07, 6.45) is 5.04. The van der Waals surface area contributed by atoms with Crippen molar-refractivity contribution in [3.63, 3.8) is 0 Å². The third-order valence-electron chi connectivity index (χ3n) is 3.81. The summed E-state index contributed by atoms with van der Waals surface area (Å²) in [5.74, 6) is -0.805. The normalized spacial score (nSPS) is 13.9. The fourth-order valence-electron chi connectivity index (χ4n) is 2.68. The first kappa shape index (κ1) is 16.6. The molecule has 0 amide bonds. The average Bonchev–Trinajstić information content (AvgIpc) is 2.91. The highest BCUT2D eigenvalue weighted by atomic mass is 32.1. The molecule has 24 heavy (non-hydrogen) atoms. The van der Waals surface area contributed by atoms with Crippen LogP contribution in [0.25, 0.3) is 0 Å². The van der Waals surface area contributed by atoms with E-state index in [4.69, 9.17) is 17.0 Å². The number of thiophene rings is 1. The van der Waals surface area contributed by atoms with Gasteiger partial charge in [-0.2, -0.15) is 0 Å². The maximum atomic E-state index is 12.1. The van der Waals surface area contributed by atoms with Crippen LogP contribution in [0.5, 0.6) is 5.88 Å². The van der Waals surface area contributed by atoms with Crippen LogP contribution in [0.2, 0.25) is 0 Å². The van der Waals surface area contributed by atoms with Crippen LogP contribution < -0.4 is 5.56 Å². The molecule has 0 atom stereocenters. The van der Waals surface area contributed by atoms with Crippen molar-refractivity contribution >= 4 is 40.7 Å². The fraction of sp³-hybridized carbons (Fsp3) is 0.333. The summed E-state index contributed by atoms with van der Waals surface area (Å²) in [4.78, 5) is 34.2. The molecule has 0 bridgehead atoms. The van der Waals surface area contributed by atoms with Crippen LogP contribution in [0.4, 0.5) is 5.00 Å². The second-order valence-corrected chi connectivity index (χ2v) is 6.80. The van der Waals surface area contributed by atoms with E-state index in [-0.39, 0.29) is 16.2 Å². The monoisotopic (exact) mass is 365 g/mol. The standard InChI is InChI=1S/C15H15N3O4S2/c1-22-14(21)10-7-4-2-3-5-9(7)24-13(10)16-6-8-11(19)17-15(23)18-12(8)20/h6H,2-5H2,1H3,(H3,17,18,19,20,23)/b16-6+. The third kappa shape index (κ3) is 3.04. The number of hydrogen-bond donors (Lipinski definition) is 3. The van der Waals surface area contributed by atoms with E-state index in [0.717, 1.165) is 36.1 Å². The van der Waals surface area contributed by atoms with Gasteiger partial charge in [0.15, 0.2) is 4.77 Å². The van der Waals surface area contributed by atoms with Crippen LogP contribution in [-0.4, -0.2) is 34.4 Å². The Morgan fingerprint density at radius 2 is 2.12 bits per heavy atom. The zero-order valence-corrected chi connectivity index (χ0v) is 14.5. The van der Waals surface area contributed by atoms with Crippen LogP contribution in [0.1, 0.15) is 39.2 Å². The Balaban J connectivity index is 2.07. The number of aromatic amines is 2. The summed E-state index contributed by atoms with van der Waals surface area (Å²) in [7, 11) is 1.33. The van der Waals surface area contributed by atoms with Crippen molar-refractivity contribution in [2.24, 2.45) is 4.99 Å². The van der Waals surface area contributed by atoms with E-state index < -0.39 is 11.5 Å². The van der Waals surface area contributed by atoms with Gasteiger partial charge in [-0.05, 0) is 43.5 Å². The molecule has 2 aromatic heterocycles. The van der Waals surface area contributed by atoms with Crippen molar-refractivity contribution in [2.45, 2.75) is 25.7 Å². The van der Waals surface area contributed by atoms with Crippen molar-refractivity contribution in [3.05, 3.63) is 36.7 Å². The minimum absolute atomic E-state index is 0.0245. The minimum atomic E-state index is -0.555. The molecule has 3 N–H and O–H groups in total. The molecule has 7 nitrogen and oxygen atoms in total. The number of methoxy groups -OCH3 is 1. The Morgan fingerprint density at radius 3 is 2.83 bits per heavy atom. The van der Waals surface area contributed by atoms with Crippen LogP contribution in [0.3, 0.4) is 0 Å². The number of nitrogens with zero attached hydrogens (tertiary/aromatic N) is 1. The molecule has 0 aromatic carbocycles. The van der Waals surface area contributed by atoms with Crippen molar-refractivity contribution in [1.29, 1.82) is 0 Å². The molecule has 0 saturated carbocycles. The fourth-order valence-corrected chi connectivity index (χ4v) is 4.09. The molecule has 2 heterocycles. The highest BCUT2D eigenvalue weighted by Crippen LogP contribution is 2.40. The Kier molecular flexibility index (Phi) is 4.63. The van der Waals surface area contributed by atoms with Crippen LogP contribution in [-0.2, 0) is 17.6 Å². The van der Waals surface area contributed by atoms with E-state index in [1.54, 1.807) is 0 Å². The number of H-pyrrole nitrogens is 2. The Bertz CT molecular complexity index is 939. The molecule has 0 fully saturated rings. The highest BCUT2D eigenvalue weighted by molar-refractivity contribution is 7.71. The Morgan fingerprint density at radius 1 is 1.38 bits per heavy atom. The van der Waals surface area contributed by atoms with Gasteiger partial charge in [0.05, 0.1) is 12.7 Å². The number of aromatic hydroxyl groups is 1. The second kappa shape index (κ2) is 6.70. The number of aryl methyl sites for hydroxylation is 1. The predicted molar refractivity (Wildman–Crippen MR) is 93.5 cm³/mol. The number of nitrogens with one attached hydrogen (secondary N) is 2. The van der Waals surface area contributed by atoms with Crippen molar-refractivity contribution in [3.8, 4) is 5.88 Å². The number of hydrogen-bond acceptors (Lipinski definition) is 7. The number of aromatic nitrogens is 2. The zero-order chi connectivity index (χ0) is 17.3. The van der Waals surface area contributed by atoms with Gasteiger partial charge < -0.3 is 14.8 Å². The second-order valence-electron chi connectivity index (χ2n) is 5.31. The number of ether oxygens (including phenoxy) is 1. The summed E-state index contributed by atoms with van der Waals surface area (Å²) in [6, 6.07) is 0. The molecule has 0 unspecified atom stereocenters. The first-order valence-electron chi connectivity index (χ1n) is 7.33. The molecule has 1 aliphatic rings. The molecular formula is C15H15N3O4S2. The lowest BCUT2D eigenvalue weighted by atomic mass is 9.95. The predicted octanol–water partition coefficient (Wildman–Crippen LogP) is 2.62. The van der Waals surface area contributed by atoms with E-state index >= 15 is 0 Å². The summed E-state index contributed by atoms with van der Waals surface area (Å²) in [5.41, 5.74) is 0.829. The average molecular weight is 365 g/mol. The Hall–Kier alpha value is -2.26. The first-order chi connectivity index (χ1) is 11.5. The van der Waals surface area contributed by atoms with Gasteiger partial charge in [-0.15, -0.1) is 11.3 Å². The molecule has 0 radical (unpaired) electrons. The van der Waals surface area contributed by atoms with Gasteiger partial charge in [0.1, 0.15) is 10.6 Å². The van der Waals surface area contributed by atoms with Gasteiger partial charge in [0, 0.05) is 11.1 Å². The highest BCUT2D eigenvalue weighted by Gasteiger charge is 2.25.